The Morgan fingerprint density at radius 3 is 2.78 bits per heavy atom. The second-order valence-electron chi connectivity index (χ2n) is 7.11. The first-order chi connectivity index (χ1) is 15.3. The zero-order valence-electron chi connectivity index (χ0n) is 17.0. The molecule has 0 saturated heterocycles. The lowest BCUT2D eigenvalue weighted by molar-refractivity contribution is -0.122. The van der Waals surface area contributed by atoms with E-state index in [1.807, 2.05) is 0 Å². The highest BCUT2D eigenvalue weighted by Crippen LogP contribution is 2.42. The van der Waals surface area contributed by atoms with Crippen molar-refractivity contribution in [1.82, 2.24) is 9.97 Å². The Labute approximate surface area is 187 Å². The predicted octanol–water partition coefficient (Wildman–Crippen LogP) is 4.17. The average molecular weight is 459 g/mol. The quantitative estimate of drug-likeness (QED) is 0.593. The lowest BCUT2D eigenvalue weighted by atomic mass is 9.98. The largest absolute Gasteiger partial charge is 0.481 e. The van der Waals surface area contributed by atoms with Gasteiger partial charge in [0.1, 0.15) is 12.4 Å². The van der Waals surface area contributed by atoms with E-state index in [1.54, 1.807) is 19.1 Å². The summed E-state index contributed by atoms with van der Waals surface area (Å²) in [5.41, 5.74) is 1.21. The van der Waals surface area contributed by atoms with Crippen LogP contribution in [0.15, 0.2) is 42.6 Å². The Bertz CT molecular complexity index is 1240. The number of aromatic nitrogens is 2. The number of carbonyl (C=O) groups is 2. The molecular weight excluding hydrogens is 442 g/mol. The molecule has 0 radical (unpaired) electrons. The second-order valence-corrected chi connectivity index (χ2v) is 7.52. The molecule has 3 heterocycles. The number of carbonyl (C=O) groups excluding carboxylic acids is 2. The minimum Gasteiger partial charge on any atom is -0.481 e. The topological polar surface area (TPSA) is 84.4 Å². The predicted molar refractivity (Wildman–Crippen MR) is 115 cm³/mol. The van der Waals surface area contributed by atoms with Crippen molar-refractivity contribution in [1.29, 1.82) is 0 Å². The van der Waals surface area contributed by atoms with Crippen LogP contribution in [0.2, 0.25) is 5.02 Å². The molecule has 32 heavy (non-hydrogen) atoms. The van der Waals surface area contributed by atoms with Crippen LogP contribution in [0.5, 0.6) is 5.88 Å². The lowest BCUT2D eigenvalue weighted by Crippen LogP contribution is -2.40. The van der Waals surface area contributed by atoms with E-state index in [0.29, 0.717) is 11.3 Å². The van der Waals surface area contributed by atoms with Crippen LogP contribution >= 0.6 is 11.6 Å². The molecule has 7 nitrogen and oxygen atoms in total. The first-order valence-electron chi connectivity index (χ1n) is 9.56. The second kappa shape index (κ2) is 8.51. The Morgan fingerprint density at radius 2 is 2.06 bits per heavy atom. The number of hydrogen-bond donors (Lipinski definition) is 1. The average Bonchev–Trinajstić information content (AvgIpc) is 2.86. The van der Waals surface area contributed by atoms with E-state index < -0.39 is 36.0 Å². The molecule has 2 aromatic heterocycles. The van der Waals surface area contributed by atoms with E-state index in [-0.39, 0.29) is 27.8 Å². The summed E-state index contributed by atoms with van der Waals surface area (Å²) in [6.07, 6.45) is 1.51. The summed E-state index contributed by atoms with van der Waals surface area (Å²) in [6, 6.07) is 8.37. The maximum Gasteiger partial charge on any atom is 0.244 e. The van der Waals surface area contributed by atoms with Crippen LogP contribution in [0.4, 0.5) is 20.2 Å². The third kappa shape index (κ3) is 3.87. The van der Waals surface area contributed by atoms with Crippen molar-refractivity contribution in [2.45, 2.75) is 12.8 Å². The monoisotopic (exact) mass is 458 g/mol. The third-order valence-corrected chi connectivity index (χ3v) is 5.38. The van der Waals surface area contributed by atoms with Crippen molar-refractivity contribution in [3.63, 3.8) is 0 Å². The maximum atomic E-state index is 15.1. The van der Waals surface area contributed by atoms with Gasteiger partial charge in [0.05, 0.1) is 35.0 Å². The van der Waals surface area contributed by atoms with Gasteiger partial charge in [0.2, 0.25) is 23.6 Å². The van der Waals surface area contributed by atoms with Gasteiger partial charge in [-0.05, 0) is 31.2 Å². The van der Waals surface area contributed by atoms with E-state index in [4.69, 9.17) is 16.3 Å². The normalized spacial score (nSPS) is 15.0. The minimum absolute atomic E-state index is 0.0456. The molecule has 0 saturated carbocycles. The van der Waals surface area contributed by atoms with E-state index in [9.17, 15) is 14.0 Å². The Hall–Kier alpha value is -3.59. The number of nitrogens with zero attached hydrogens (tertiary/aromatic N) is 3. The third-order valence-electron chi connectivity index (χ3n) is 5.09. The van der Waals surface area contributed by atoms with Crippen molar-refractivity contribution in [3.05, 3.63) is 65.1 Å². The summed E-state index contributed by atoms with van der Waals surface area (Å²) in [5, 5.41) is 2.41. The van der Waals surface area contributed by atoms with Gasteiger partial charge in [0.25, 0.3) is 0 Å². The molecule has 1 atom stereocenters. The highest BCUT2D eigenvalue weighted by Gasteiger charge is 2.35. The van der Waals surface area contributed by atoms with Crippen molar-refractivity contribution in [2.75, 3.05) is 23.9 Å². The SMILES string of the molecule is COc1cc2c(c(F)n1)-c1cccnc1[C@@H](C)C(=O)N2CC(=O)Nc1ccc(F)c(Cl)c1. The van der Waals surface area contributed by atoms with Gasteiger partial charge in [-0.3, -0.25) is 14.6 Å². The molecule has 2 amide bonds. The molecule has 0 spiro atoms. The van der Waals surface area contributed by atoms with Crippen molar-refractivity contribution < 1.29 is 23.1 Å². The fourth-order valence-electron chi connectivity index (χ4n) is 3.57. The number of fused-ring (bicyclic) bond motifs is 3. The number of methoxy groups -OCH3 is 1. The molecular formula is C22H17ClF2N4O3. The summed E-state index contributed by atoms with van der Waals surface area (Å²) in [7, 11) is 1.32. The van der Waals surface area contributed by atoms with Gasteiger partial charge in [0.15, 0.2) is 0 Å². The van der Waals surface area contributed by atoms with E-state index >= 15 is 4.39 Å². The standard InChI is InChI=1S/C22H17ClF2N4O3/c1-11-20-13(4-3-7-26-20)19-16(9-18(32-2)28-21(19)25)29(22(11)31)10-17(30)27-12-5-6-15(24)14(23)8-12/h3-9,11H,10H2,1-2H3,(H,27,30)/t11-/m1/s1. The molecule has 1 N–H and O–H groups in total. The van der Waals surface area contributed by atoms with Gasteiger partial charge in [-0.25, -0.2) is 4.39 Å². The molecule has 3 aromatic rings. The van der Waals surface area contributed by atoms with Gasteiger partial charge in [0, 0.05) is 23.5 Å². The summed E-state index contributed by atoms with van der Waals surface area (Å²) >= 11 is 5.76. The van der Waals surface area contributed by atoms with Gasteiger partial charge < -0.3 is 15.0 Å². The van der Waals surface area contributed by atoms with Gasteiger partial charge >= 0.3 is 0 Å². The number of benzene rings is 1. The molecule has 0 aliphatic carbocycles. The van der Waals surface area contributed by atoms with Gasteiger partial charge in [-0.2, -0.15) is 9.37 Å². The van der Waals surface area contributed by atoms with E-state index in [1.165, 1.54) is 31.5 Å². The molecule has 1 aromatic carbocycles. The summed E-state index contributed by atoms with van der Waals surface area (Å²) < 4.78 is 33.5. The number of nitrogens with one attached hydrogen (secondary N) is 1. The molecule has 0 fully saturated rings. The fourth-order valence-corrected chi connectivity index (χ4v) is 3.75. The highest BCUT2D eigenvalue weighted by atomic mass is 35.5. The van der Waals surface area contributed by atoms with Crippen molar-refractivity contribution in [3.8, 4) is 17.0 Å². The van der Waals surface area contributed by atoms with Crippen LogP contribution in [0.1, 0.15) is 18.5 Å². The van der Waals surface area contributed by atoms with Crippen LogP contribution in [-0.4, -0.2) is 35.4 Å². The van der Waals surface area contributed by atoms with Gasteiger partial charge in [-0.15, -0.1) is 0 Å². The number of ether oxygens (including phenoxy) is 1. The van der Waals surface area contributed by atoms with E-state index in [2.05, 4.69) is 15.3 Å². The Balaban J connectivity index is 1.77. The first kappa shape index (κ1) is 21.6. The first-order valence-corrected chi connectivity index (χ1v) is 9.94. The summed E-state index contributed by atoms with van der Waals surface area (Å²) in [4.78, 5) is 35.3. The van der Waals surface area contributed by atoms with Crippen molar-refractivity contribution in [2.24, 2.45) is 0 Å². The number of anilines is 2. The number of rotatable bonds is 4. The zero-order chi connectivity index (χ0) is 23.0. The Morgan fingerprint density at radius 1 is 1.28 bits per heavy atom. The van der Waals surface area contributed by atoms with Crippen LogP contribution in [-0.2, 0) is 9.59 Å². The van der Waals surface area contributed by atoms with Crippen LogP contribution in [0.3, 0.4) is 0 Å². The van der Waals surface area contributed by atoms with Crippen LogP contribution < -0.4 is 15.0 Å². The minimum atomic E-state index is -0.855. The molecule has 4 rings (SSSR count). The Kier molecular flexibility index (Phi) is 5.75. The summed E-state index contributed by atoms with van der Waals surface area (Å²) in [5.74, 6) is -3.33. The smallest absolute Gasteiger partial charge is 0.244 e. The number of hydrogen-bond acceptors (Lipinski definition) is 5. The van der Waals surface area contributed by atoms with Gasteiger partial charge in [-0.1, -0.05) is 17.7 Å². The fraction of sp³-hybridized carbons (Fsp3) is 0.182. The van der Waals surface area contributed by atoms with Crippen molar-refractivity contribution >= 4 is 34.8 Å². The molecule has 1 aliphatic rings. The maximum absolute atomic E-state index is 15.1. The lowest BCUT2D eigenvalue weighted by Gasteiger charge is -2.24. The highest BCUT2D eigenvalue weighted by molar-refractivity contribution is 6.31. The van der Waals surface area contributed by atoms with Crippen LogP contribution in [0, 0.1) is 11.8 Å². The summed E-state index contributed by atoms with van der Waals surface area (Å²) in [6.45, 7) is 1.19. The van der Waals surface area contributed by atoms with Crippen LogP contribution in [0.25, 0.3) is 11.1 Å². The number of pyridine rings is 2. The number of amides is 2. The van der Waals surface area contributed by atoms with E-state index in [0.717, 1.165) is 11.0 Å². The molecule has 10 heteroatoms. The number of halogens is 3. The molecule has 1 aliphatic heterocycles. The zero-order valence-corrected chi connectivity index (χ0v) is 17.8. The molecule has 0 unspecified atom stereocenters. The molecule has 164 valence electrons. The molecule has 0 bridgehead atoms.